The summed E-state index contributed by atoms with van der Waals surface area (Å²) in [6, 6.07) is 10.3. The van der Waals surface area contributed by atoms with Crippen LogP contribution in [0.3, 0.4) is 0 Å². The van der Waals surface area contributed by atoms with Gasteiger partial charge in [0.25, 0.3) is 0 Å². The van der Waals surface area contributed by atoms with E-state index in [1.165, 1.54) is 23.0 Å². The lowest BCUT2D eigenvalue weighted by atomic mass is 9.78. The number of benzene rings is 1. The predicted molar refractivity (Wildman–Crippen MR) is 143 cm³/mol. The Bertz CT molecular complexity index is 1070. The molecule has 3 aliphatic rings. The smallest absolute Gasteiger partial charge is 0.159 e. The topological polar surface area (TPSA) is 53.4 Å². The van der Waals surface area contributed by atoms with E-state index in [9.17, 15) is 4.79 Å². The van der Waals surface area contributed by atoms with Gasteiger partial charge in [-0.3, -0.25) is 4.79 Å². The van der Waals surface area contributed by atoms with Crippen LogP contribution < -0.4 is 0 Å². The molecule has 1 spiro atoms. The van der Waals surface area contributed by atoms with Gasteiger partial charge in [0.15, 0.2) is 5.78 Å². The number of hydrogen-bond acceptors (Lipinski definition) is 4. The number of ether oxygens (including phenoxy) is 1. The van der Waals surface area contributed by atoms with Crippen molar-refractivity contribution in [3.05, 3.63) is 95.5 Å². The fourth-order valence-electron chi connectivity index (χ4n) is 5.61. The third kappa shape index (κ3) is 5.93. The van der Waals surface area contributed by atoms with Crippen LogP contribution in [0.5, 0.6) is 0 Å². The standard InChI is InChI=1S/C31H38N2O2/c1-23-12-13-29(24(2)21-27(20-23)35-3)33-19-15-28(31(22-33)16-17-31)30(34)11-7-10-26(14-18-32)25-8-5-4-6-9-25/h4-9,11,13,18,20-21,26,28,32H,2,10,12,14-17,19,22H2,1,3H3/b11-7+,23-20-,27-21+,29-13+,32-18?. The Morgan fingerprint density at radius 2 is 2.03 bits per heavy atom. The SMILES string of the molecule is C=C1/C=C(OC)\C=C(\C)C/C=C\1N1CCC(C(=O)/C=C/CC(CC=N)c2ccccc2)C2(CC2)C1. The fraction of sp³-hybridized carbons (Fsp3) is 0.419. The second-order valence-electron chi connectivity index (χ2n) is 10.3. The first-order valence-corrected chi connectivity index (χ1v) is 12.8. The summed E-state index contributed by atoms with van der Waals surface area (Å²) in [5.41, 5.74) is 4.73. The highest BCUT2D eigenvalue weighted by Gasteiger charge is 2.54. The van der Waals surface area contributed by atoms with Crippen LogP contribution in [0.4, 0.5) is 0 Å². The normalized spacial score (nSPS) is 27.0. The number of nitrogens with one attached hydrogen (secondary N) is 1. The fourth-order valence-corrected chi connectivity index (χ4v) is 5.61. The van der Waals surface area contributed by atoms with E-state index < -0.39 is 0 Å². The zero-order chi connectivity index (χ0) is 24.8. The van der Waals surface area contributed by atoms with Crippen molar-refractivity contribution < 1.29 is 9.53 Å². The van der Waals surface area contributed by atoms with Gasteiger partial charge < -0.3 is 15.0 Å². The molecule has 184 valence electrons. The second kappa shape index (κ2) is 11.1. The van der Waals surface area contributed by atoms with Gasteiger partial charge in [0.2, 0.25) is 0 Å². The molecule has 2 aliphatic carbocycles. The van der Waals surface area contributed by atoms with Crippen LogP contribution in [0, 0.1) is 16.7 Å². The summed E-state index contributed by atoms with van der Waals surface area (Å²) in [7, 11) is 1.70. The highest BCUT2D eigenvalue weighted by atomic mass is 16.5. The molecule has 0 radical (unpaired) electrons. The average Bonchev–Trinajstić information content (AvgIpc) is 3.61. The van der Waals surface area contributed by atoms with Gasteiger partial charge in [0.1, 0.15) is 5.76 Å². The maximum atomic E-state index is 13.3. The molecule has 1 aromatic rings. The Balaban J connectivity index is 1.41. The molecule has 1 saturated carbocycles. The summed E-state index contributed by atoms with van der Waals surface area (Å²) < 4.78 is 5.52. The third-order valence-electron chi connectivity index (χ3n) is 7.77. The summed E-state index contributed by atoms with van der Waals surface area (Å²) in [5, 5.41) is 7.55. The van der Waals surface area contributed by atoms with Gasteiger partial charge in [-0.1, -0.05) is 54.6 Å². The molecule has 4 heteroatoms. The highest BCUT2D eigenvalue weighted by molar-refractivity contribution is 5.92. The molecular formula is C31H38N2O2. The van der Waals surface area contributed by atoms with Gasteiger partial charge in [0.05, 0.1) is 7.11 Å². The third-order valence-corrected chi connectivity index (χ3v) is 7.77. The molecule has 1 N–H and O–H groups in total. The molecule has 4 nitrogen and oxygen atoms in total. The van der Waals surface area contributed by atoms with Crippen LogP contribution >= 0.6 is 0 Å². The van der Waals surface area contributed by atoms with Gasteiger partial charge in [-0.15, -0.1) is 0 Å². The average molecular weight is 471 g/mol. The first-order valence-electron chi connectivity index (χ1n) is 12.8. The van der Waals surface area contributed by atoms with Gasteiger partial charge in [0, 0.05) is 24.7 Å². The second-order valence-corrected chi connectivity index (χ2v) is 10.3. The number of nitrogens with zero attached hydrogens (tertiary/aromatic N) is 1. The zero-order valence-electron chi connectivity index (χ0n) is 21.1. The van der Waals surface area contributed by atoms with E-state index in [1.807, 2.05) is 36.4 Å². The Morgan fingerprint density at radius 1 is 1.26 bits per heavy atom. The first-order chi connectivity index (χ1) is 17.0. The number of hydrogen-bond donors (Lipinski definition) is 1. The number of carbonyl (C=O) groups excluding carboxylic acids is 1. The van der Waals surface area contributed by atoms with Crippen LogP contribution in [0.25, 0.3) is 0 Å². The van der Waals surface area contributed by atoms with E-state index in [4.69, 9.17) is 10.1 Å². The quantitative estimate of drug-likeness (QED) is 0.321. The molecule has 1 heterocycles. The molecule has 35 heavy (non-hydrogen) atoms. The van der Waals surface area contributed by atoms with E-state index in [1.54, 1.807) is 7.11 Å². The van der Waals surface area contributed by atoms with Gasteiger partial charge in [-0.25, -0.2) is 0 Å². The van der Waals surface area contributed by atoms with Crippen LogP contribution in [-0.4, -0.2) is 37.1 Å². The van der Waals surface area contributed by atoms with Crippen LogP contribution in [0.2, 0.25) is 0 Å². The summed E-state index contributed by atoms with van der Waals surface area (Å²) in [5.74, 6) is 1.46. The minimum Gasteiger partial charge on any atom is -0.497 e. The number of rotatable bonds is 9. The Kier molecular flexibility index (Phi) is 7.90. The van der Waals surface area contributed by atoms with E-state index in [-0.39, 0.29) is 23.0 Å². The molecular weight excluding hydrogens is 432 g/mol. The molecule has 1 aliphatic heterocycles. The summed E-state index contributed by atoms with van der Waals surface area (Å²) in [6.07, 6.45) is 17.2. The summed E-state index contributed by atoms with van der Waals surface area (Å²) in [4.78, 5) is 15.7. The molecule has 1 aromatic carbocycles. The maximum absolute atomic E-state index is 13.3. The zero-order valence-corrected chi connectivity index (χ0v) is 21.1. The number of ketones is 1. The van der Waals surface area contributed by atoms with Crippen molar-refractivity contribution >= 4 is 12.0 Å². The van der Waals surface area contributed by atoms with Crippen molar-refractivity contribution in [3.63, 3.8) is 0 Å². The number of allylic oxidation sites excluding steroid dienone is 6. The van der Waals surface area contributed by atoms with E-state index in [2.05, 4.69) is 42.7 Å². The molecule has 0 bridgehead atoms. The van der Waals surface area contributed by atoms with E-state index in [0.29, 0.717) is 6.42 Å². The minimum absolute atomic E-state index is 0.0929. The van der Waals surface area contributed by atoms with Gasteiger partial charge >= 0.3 is 0 Å². The number of methoxy groups -OCH3 is 1. The number of carbonyl (C=O) groups is 1. The van der Waals surface area contributed by atoms with E-state index in [0.717, 1.165) is 56.5 Å². The molecule has 1 saturated heterocycles. The van der Waals surface area contributed by atoms with Crippen LogP contribution in [0.15, 0.2) is 89.9 Å². The van der Waals surface area contributed by atoms with Crippen LogP contribution in [-0.2, 0) is 9.53 Å². The Labute approximate surface area is 210 Å². The highest BCUT2D eigenvalue weighted by Crippen LogP contribution is 2.56. The molecule has 0 amide bonds. The summed E-state index contributed by atoms with van der Waals surface area (Å²) in [6.45, 7) is 8.24. The minimum atomic E-state index is 0.0929. The van der Waals surface area contributed by atoms with Crippen molar-refractivity contribution in [2.24, 2.45) is 11.3 Å². The van der Waals surface area contributed by atoms with Crippen molar-refractivity contribution in [3.8, 4) is 0 Å². The number of likely N-dealkylation sites (tertiary alicyclic amines) is 1. The lowest BCUT2D eigenvalue weighted by Gasteiger charge is -2.41. The van der Waals surface area contributed by atoms with Crippen molar-refractivity contribution in [2.45, 2.75) is 51.4 Å². The van der Waals surface area contributed by atoms with Crippen molar-refractivity contribution in [1.29, 1.82) is 5.41 Å². The maximum Gasteiger partial charge on any atom is 0.159 e. The Morgan fingerprint density at radius 3 is 2.71 bits per heavy atom. The molecule has 2 fully saturated rings. The van der Waals surface area contributed by atoms with Crippen LogP contribution in [0.1, 0.15) is 56.9 Å². The lowest BCUT2D eigenvalue weighted by molar-refractivity contribution is -0.122. The first kappa shape index (κ1) is 25.0. The molecule has 0 aromatic heterocycles. The monoisotopic (exact) mass is 470 g/mol. The molecule has 4 rings (SSSR count). The lowest BCUT2D eigenvalue weighted by Crippen LogP contribution is -2.44. The molecule has 2 atom stereocenters. The Hall–Kier alpha value is -3.14. The van der Waals surface area contributed by atoms with Gasteiger partial charge in [-0.05, 0) is 92.4 Å². The van der Waals surface area contributed by atoms with Gasteiger partial charge in [-0.2, -0.15) is 0 Å². The number of piperidine rings is 1. The largest absolute Gasteiger partial charge is 0.497 e. The molecule has 2 unspecified atom stereocenters. The summed E-state index contributed by atoms with van der Waals surface area (Å²) >= 11 is 0. The van der Waals surface area contributed by atoms with E-state index >= 15 is 0 Å². The van der Waals surface area contributed by atoms with Crippen molar-refractivity contribution in [1.82, 2.24) is 4.90 Å². The van der Waals surface area contributed by atoms with Crippen molar-refractivity contribution in [2.75, 3.05) is 20.2 Å². The predicted octanol–water partition coefficient (Wildman–Crippen LogP) is 6.75.